The van der Waals surface area contributed by atoms with Crippen molar-refractivity contribution in [2.45, 2.75) is 32.1 Å². The lowest BCUT2D eigenvalue weighted by atomic mass is 10.0. The lowest BCUT2D eigenvalue weighted by molar-refractivity contribution is -0.140. The van der Waals surface area contributed by atoms with Gasteiger partial charge in [0.25, 0.3) is 0 Å². The van der Waals surface area contributed by atoms with Crippen molar-refractivity contribution < 1.29 is 17.6 Å². The molecule has 21 heavy (non-hydrogen) atoms. The Balaban J connectivity index is 2.26. The summed E-state index contributed by atoms with van der Waals surface area (Å²) < 4.78 is 53.2. The summed E-state index contributed by atoms with van der Waals surface area (Å²) in [6.45, 7) is 2.62. The molecule has 1 aromatic carbocycles. The van der Waals surface area contributed by atoms with E-state index < -0.39 is 23.6 Å². The van der Waals surface area contributed by atoms with Crippen LogP contribution in [0, 0.1) is 5.82 Å². The number of nitrogens with two attached hydrogens (primary N) is 1. The summed E-state index contributed by atoms with van der Waals surface area (Å²) in [5.74, 6) is -0.614. The fourth-order valence-corrected chi connectivity index (χ4v) is 2.12. The zero-order chi connectivity index (χ0) is 15.6. The number of rotatable bonds is 4. The van der Waals surface area contributed by atoms with Crippen LogP contribution in [0.3, 0.4) is 0 Å². The SMILES string of the molecule is CCn1ccnc1CC(N)c1ccc(F)c(C(F)(F)F)c1. The quantitative estimate of drug-likeness (QED) is 0.881. The van der Waals surface area contributed by atoms with Gasteiger partial charge in [0.2, 0.25) is 0 Å². The van der Waals surface area contributed by atoms with Gasteiger partial charge in [-0.3, -0.25) is 0 Å². The van der Waals surface area contributed by atoms with E-state index >= 15 is 0 Å². The molecule has 0 spiro atoms. The summed E-state index contributed by atoms with van der Waals surface area (Å²) in [7, 11) is 0. The van der Waals surface area contributed by atoms with Gasteiger partial charge in [0.1, 0.15) is 11.6 Å². The van der Waals surface area contributed by atoms with Gasteiger partial charge >= 0.3 is 6.18 Å². The molecule has 7 heteroatoms. The molecule has 0 fully saturated rings. The normalized spacial score (nSPS) is 13.4. The number of alkyl halides is 3. The van der Waals surface area contributed by atoms with Crippen molar-refractivity contribution in [3.8, 4) is 0 Å². The van der Waals surface area contributed by atoms with E-state index in [1.165, 1.54) is 6.07 Å². The third-order valence-electron chi connectivity index (χ3n) is 3.27. The number of imidazole rings is 1. The molecule has 0 aliphatic rings. The van der Waals surface area contributed by atoms with E-state index in [0.29, 0.717) is 12.4 Å². The van der Waals surface area contributed by atoms with Gasteiger partial charge in [-0.05, 0) is 24.6 Å². The summed E-state index contributed by atoms with van der Waals surface area (Å²) in [5, 5.41) is 0. The van der Waals surface area contributed by atoms with E-state index in [9.17, 15) is 17.6 Å². The number of aromatic nitrogens is 2. The molecule has 0 aliphatic carbocycles. The average Bonchev–Trinajstić information content (AvgIpc) is 2.85. The standard InChI is InChI=1S/C14H15F4N3/c1-2-21-6-5-20-13(21)8-12(19)9-3-4-11(15)10(7-9)14(16,17)18/h3-7,12H,2,8,19H2,1H3. The van der Waals surface area contributed by atoms with Gasteiger partial charge in [-0.15, -0.1) is 0 Å². The Morgan fingerprint density at radius 1 is 1.33 bits per heavy atom. The monoisotopic (exact) mass is 301 g/mol. The molecule has 1 heterocycles. The summed E-state index contributed by atoms with van der Waals surface area (Å²) >= 11 is 0. The van der Waals surface area contributed by atoms with Crippen molar-refractivity contribution in [1.82, 2.24) is 9.55 Å². The highest BCUT2D eigenvalue weighted by molar-refractivity contribution is 5.29. The lowest BCUT2D eigenvalue weighted by Gasteiger charge is -2.15. The van der Waals surface area contributed by atoms with Crippen LogP contribution in [-0.4, -0.2) is 9.55 Å². The summed E-state index contributed by atoms with van der Waals surface area (Å²) in [5.41, 5.74) is 4.86. The minimum absolute atomic E-state index is 0.231. The summed E-state index contributed by atoms with van der Waals surface area (Å²) in [6, 6.07) is 2.15. The van der Waals surface area contributed by atoms with Crippen LogP contribution in [-0.2, 0) is 19.1 Å². The maximum Gasteiger partial charge on any atom is 0.419 e. The Morgan fingerprint density at radius 3 is 2.67 bits per heavy atom. The molecule has 1 aromatic heterocycles. The number of aryl methyl sites for hydroxylation is 1. The molecule has 2 aromatic rings. The molecule has 0 aliphatic heterocycles. The van der Waals surface area contributed by atoms with Gasteiger partial charge in [-0.2, -0.15) is 13.2 Å². The topological polar surface area (TPSA) is 43.8 Å². The number of halogens is 4. The van der Waals surface area contributed by atoms with Gasteiger partial charge in [-0.1, -0.05) is 6.07 Å². The molecule has 0 amide bonds. The Kier molecular flexibility index (Phi) is 4.32. The molecule has 1 unspecified atom stereocenters. The molecule has 0 radical (unpaired) electrons. The molecular formula is C14H15F4N3. The van der Waals surface area contributed by atoms with Crippen LogP contribution in [0.25, 0.3) is 0 Å². The highest BCUT2D eigenvalue weighted by Gasteiger charge is 2.34. The van der Waals surface area contributed by atoms with Gasteiger partial charge in [0.15, 0.2) is 0 Å². The molecule has 3 nitrogen and oxygen atoms in total. The van der Waals surface area contributed by atoms with E-state index in [2.05, 4.69) is 4.98 Å². The van der Waals surface area contributed by atoms with Crippen LogP contribution in [0.1, 0.15) is 29.9 Å². The predicted molar refractivity (Wildman–Crippen MR) is 69.9 cm³/mol. The molecular weight excluding hydrogens is 286 g/mol. The molecule has 1 atom stereocenters. The Morgan fingerprint density at radius 2 is 2.05 bits per heavy atom. The molecule has 0 saturated heterocycles. The third kappa shape index (κ3) is 3.41. The highest BCUT2D eigenvalue weighted by atomic mass is 19.4. The van der Waals surface area contributed by atoms with E-state index in [1.807, 2.05) is 11.5 Å². The minimum atomic E-state index is -4.73. The maximum atomic E-state index is 13.2. The van der Waals surface area contributed by atoms with Crippen LogP contribution in [0.4, 0.5) is 17.6 Å². The second-order valence-corrected chi connectivity index (χ2v) is 4.68. The number of benzene rings is 1. The van der Waals surface area contributed by atoms with Crippen LogP contribution in [0.5, 0.6) is 0 Å². The number of nitrogens with zero attached hydrogens (tertiary/aromatic N) is 2. The second-order valence-electron chi connectivity index (χ2n) is 4.68. The fourth-order valence-electron chi connectivity index (χ4n) is 2.12. The third-order valence-corrected chi connectivity index (χ3v) is 3.27. The van der Waals surface area contributed by atoms with Crippen LogP contribution in [0.2, 0.25) is 0 Å². The van der Waals surface area contributed by atoms with Crippen LogP contribution < -0.4 is 5.73 Å². The minimum Gasteiger partial charge on any atom is -0.335 e. The zero-order valence-electron chi connectivity index (χ0n) is 11.4. The smallest absolute Gasteiger partial charge is 0.335 e. The first-order valence-corrected chi connectivity index (χ1v) is 6.45. The van der Waals surface area contributed by atoms with Gasteiger partial charge in [-0.25, -0.2) is 9.37 Å². The molecule has 0 bridgehead atoms. The molecule has 0 saturated carbocycles. The predicted octanol–water partition coefficient (Wildman–Crippen LogP) is 3.30. The largest absolute Gasteiger partial charge is 0.419 e. The van der Waals surface area contributed by atoms with Crippen LogP contribution >= 0.6 is 0 Å². The zero-order valence-corrected chi connectivity index (χ0v) is 11.4. The van der Waals surface area contributed by atoms with E-state index in [4.69, 9.17) is 5.73 Å². The number of hydrogen-bond donors (Lipinski definition) is 1. The van der Waals surface area contributed by atoms with Crippen molar-refractivity contribution >= 4 is 0 Å². The van der Waals surface area contributed by atoms with Crippen molar-refractivity contribution in [2.24, 2.45) is 5.73 Å². The average molecular weight is 301 g/mol. The fraction of sp³-hybridized carbons (Fsp3) is 0.357. The van der Waals surface area contributed by atoms with Crippen molar-refractivity contribution in [1.29, 1.82) is 0 Å². The first kappa shape index (κ1) is 15.5. The van der Waals surface area contributed by atoms with Gasteiger partial charge < -0.3 is 10.3 Å². The Bertz CT molecular complexity index is 619. The van der Waals surface area contributed by atoms with E-state index in [-0.39, 0.29) is 12.0 Å². The Hall–Kier alpha value is -1.89. The lowest BCUT2D eigenvalue weighted by Crippen LogP contribution is -2.18. The van der Waals surface area contributed by atoms with Gasteiger partial charge in [0.05, 0.1) is 5.56 Å². The molecule has 2 N–H and O–H groups in total. The second kappa shape index (κ2) is 5.85. The first-order valence-electron chi connectivity index (χ1n) is 6.45. The summed E-state index contributed by atoms with van der Waals surface area (Å²) in [4.78, 5) is 4.13. The van der Waals surface area contributed by atoms with E-state index in [1.54, 1.807) is 12.4 Å². The van der Waals surface area contributed by atoms with Gasteiger partial charge in [0, 0.05) is 31.4 Å². The van der Waals surface area contributed by atoms with E-state index in [0.717, 1.165) is 12.1 Å². The summed E-state index contributed by atoms with van der Waals surface area (Å²) in [6.07, 6.45) is -1.07. The van der Waals surface area contributed by atoms with Crippen molar-refractivity contribution in [2.75, 3.05) is 0 Å². The maximum absolute atomic E-state index is 13.2. The Labute approximate surface area is 119 Å². The first-order chi connectivity index (χ1) is 9.82. The highest BCUT2D eigenvalue weighted by Crippen LogP contribution is 2.33. The molecule has 114 valence electrons. The number of hydrogen-bond acceptors (Lipinski definition) is 2. The van der Waals surface area contributed by atoms with Crippen LogP contribution in [0.15, 0.2) is 30.6 Å². The van der Waals surface area contributed by atoms with Crippen molar-refractivity contribution in [3.05, 3.63) is 53.4 Å². The molecule has 2 rings (SSSR count). The van der Waals surface area contributed by atoms with Crippen molar-refractivity contribution in [3.63, 3.8) is 0 Å².